The number of rotatable bonds is 19. The fourth-order valence-electron chi connectivity index (χ4n) is 5.82. The zero-order chi connectivity index (χ0) is 37.3. The van der Waals surface area contributed by atoms with Gasteiger partial charge in [0.2, 0.25) is 11.9 Å². The van der Waals surface area contributed by atoms with Crippen LogP contribution in [0.1, 0.15) is 104 Å². The van der Waals surface area contributed by atoms with E-state index in [1.54, 1.807) is 42.3 Å². The highest BCUT2D eigenvalue weighted by molar-refractivity contribution is 5.65. The second-order valence-electron chi connectivity index (χ2n) is 15.0. The molecule has 0 fully saturated rings. The lowest BCUT2D eigenvalue weighted by molar-refractivity contribution is 0.0855. The number of hydrogen-bond donors (Lipinski definition) is 1. The molecule has 13 heteroatoms. The van der Waals surface area contributed by atoms with Crippen molar-refractivity contribution in [2.45, 2.75) is 98.5 Å². The quantitative estimate of drug-likeness (QED) is 0.0664. The molecule has 1 atom stereocenters. The smallest absolute Gasteiger partial charge is 0.228 e. The Labute approximate surface area is 304 Å². The highest BCUT2D eigenvalue weighted by Gasteiger charge is 2.31. The summed E-state index contributed by atoms with van der Waals surface area (Å²) < 4.78 is 58.5. The molecule has 5 rings (SSSR count). The van der Waals surface area contributed by atoms with Gasteiger partial charge in [0.25, 0.3) is 0 Å². The van der Waals surface area contributed by atoms with Crippen molar-refractivity contribution in [1.82, 2.24) is 34.3 Å². The lowest BCUT2D eigenvalue weighted by Gasteiger charge is -2.39. The van der Waals surface area contributed by atoms with E-state index in [1.807, 2.05) is 0 Å². The molecule has 0 aliphatic rings. The molecule has 1 unspecified atom stereocenters. The molecule has 0 amide bonds. The van der Waals surface area contributed by atoms with E-state index in [2.05, 4.69) is 65.2 Å². The van der Waals surface area contributed by atoms with Gasteiger partial charge >= 0.3 is 0 Å². The maximum Gasteiger partial charge on any atom is 0.228 e. The summed E-state index contributed by atoms with van der Waals surface area (Å²) in [6.07, 6.45) is 12.1. The van der Waals surface area contributed by atoms with Crippen molar-refractivity contribution < 1.29 is 22.6 Å². The third-order valence-corrected chi connectivity index (χ3v) is 10.1. The Morgan fingerprint density at radius 1 is 0.808 bits per heavy atom. The molecule has 0 radical (unpaired) electrons. The van der Waals surface area contributed by atoms with Crippen LogP contribution in [0.15, 0.2) is 54.9 Å². The molecule has 4 aromatic heterocycles. The molecule has 0 bridgehead atoms. The SMILES string of the molecule is Cn1nccc1Nc1nccc(-c2cc(F)n3c(C(CCOCCCCCCCCCC(C)(C)C(C)(C)C)Oc4ccc(F)c(F)c4)nnc3c2)n1. The average Bonchev–Trinajstić information content (AvgIpc) is 3.72. The number of ether oxygens (including phenoxy) is 2. The molecule has 4 heterocycles. The molecule has 0 aliphatic heterocycles. The predicted molar refractivity (Wildman–Crippen MR) is 196 cm³/mol. The number of nitrogens with zero attached hydrogens (tertiary/aromatic N) is 7. The monoisotopic (exact) mass is 720 g/mol. The zero-order valence-electron chi connectivity index (χ0n) is 31.1. The van der Waals surface area contributed by atoms with E-state index in [9.17, 15) is 8.78 Å². The molecule has 1 N–H and O–H groups in total. The Morgan fingerprint density at radius 3 is 2.27 bits per heavy atom. The second-order valence-corrected chi connectivity index (χ2v) is 15.0. The first kappa shape index (κ1) is 38.7. The number of fused-ring (bicyclic) bond motifs is 1. The van der Waals surface area contributed by atoms with E-state index in [0.29, 0.717) is 47.1 Å². The van der Waals surface area contributed by atoms with Gasteiger partial charge in [-0.3, -0.25) is 9.08 Å². The molecule has 1 aromatic carbocycles. The number of hydrogen-bond acceptors (Lipinski definition) is 8. The van der Waals surface area contributed by atoms with Crippen LogP contribution in [0, 0.1) is 28.4 Å². The van der Waals surface area contributed by atoms with Crippen LogP contribution in [0.3, 0.4) is 0 Å². The van der Waals surface area contributed by atoms with Gasteiger partial charge < -0.3 is 14.8 Å². The van der Waals surface area contributed by atoms with Gasteiger partial charge in [-0.15, -0.1) is 10.2 Å². The summed E-state index contributed by atoms with van der Waals surface area (Å²) in [4.78, 5) is 8.79. The van der Waals surface area contributed by atoms with Crippen molar-refractivity contribution in [3.8, 4) is 17.0 Å². The maximum absolute atomic E-state index is 15.9. The van der Waals surface area contributed by atoms with E-state index >= 15 is 4.39 Å². The zero-order valence-corrected chi connectivity index (χ0v) is 31.1. The Balaban J connectivity index is 1.18. The van der Waals surface area contributed by atoms with Gasteiger partial charge in [0, 0.05) is 50.0 Å². The summed E-state index contributed by atoms with van der Waals surface area (Å²) in [5.41, 5.74) is 1.80. The topological polar surface area (TPSA) is 104 Å². The third-order valence-electron chi connectivity index (χ3n) is 10.1. The van der Waals surface area contributed by atoms with Crippen LogP contribution in [-0.4, -0.2) is 47.6 Å². The first-order valence-corrected chi connectivity index (χ1v) is 18.1. The van der Waals surface area contributed by atoms with Gasteiger partial charge in [-0.25, -0.2) is 18.7 Å². The molecule has 5 aromatic rings. The van der Waals surface area contributed by atoms with Crippen molar-refractivity contribution in [1.29, 1.82) is 0 Å². The van der Waals surface area contributed by atoms with Gasteiger partial charge in [0.05, 0.1) is 18.5 Å². The molecule has 0 spiro atoms. The number of aromatic nitrogens is 7. The largest absolute Gasteiger partial charge is 0.482 e. The van der Waals surface area contributed by atoms with E-state index in [1.165, 1.54) is 48.6 Å². The third kappa shape index (κ3) is 10.1. The van der Waals surface area contributed by atoms with Crippen molar-refractivity contribution >= 4 is 17.4 Å². The standard InChI is InChI=1S/C39H51F3N8O2/c1-38(2,3)39(4,5)19-12-10-8-7-9-11-13-22-51-23-18-32(52-28-14-15-29(40)30(41)26-28)36-48-47-35-25-27(24-33(42)50(35)36)31-16-20-43-37(45-31)46-34-17-21-44-49(34)6/h14-17,20-21,24-26,32H,7-13,18-19,22-23H2,1-6H3,(H,43,45,46). The number of unbranched alkanes of at least 4 members (excludes halogenated alkanes) is 6. The highest BCUT2D eigenvalue weighted by atomic mass is 19.2. The minimum atomic E-state index is -1.05. The molecule has 0 saturated carbocycles. The van der Waals surface area contributed by atoms with Crippen LogP contribution >= 0.6 is 0 Å². The molecule has 0 saturated heterocycles. The minimum absolute atomic E-state index is 0.0779. The van der Waals surface area contributed by atoms with Crippen molar-refractivity contribution in [2.75, 3.05) is 18.5 Å². The first-order valence-electron chi connectivity index (χ1n) is 18.1. The fourth-order valence-corrected chi connectivity index (χ4v) is 5.82. The van der Waals surface area contributed by atoms with Crippen LogP contribution in [0.25, 0.3) is 16.9 Å². The van der Waals surface area contributed by atoms with Crippen LogP contribution in [0.5, 0.6) is 5.75 Å². The predicted octanol–water partition coefficient (Wildman–Crippen LogP) is 9.80. The molecular formula is C39H51F3N8O2. The average molecular weight is 721 g/mol. The lowest BCUT2D eigenvalue weighted by atomic mass is 9.67. The summed E-state index contributed by atoms with van der Waals surface area (Å²) in [5.74, 6) is -1.45. The molecular weight excluding hydrogens is 669 g/mol. The number of nitrogens with one attached hydrogen (secondary N) is 1. The van der Waals surface area contributed by atoms with Crippen LogP contribution in [-0.2, 0) is 11.8 Å². The number of anilines is 2. The number of benzene rings is 1. The Kier molecular flexibility index (Phi) is 12.9. The normalized spacial score (nSPS) is 12.8. The molecule has 52 heavy (non-hydrogen) atoms. The van der Waals surface area contributed by atoms with E-state index in [-0.39, 0.29) is 23.6 Å². The van der Waals surface area contributed by atoms with E-state index in [4.69, 9.17) is 9.47 Å². The van der Waals surface area contributed by atoms with Crippen LogP contribution < -0.4 is 10.1 Å². The van der Waals surface area contributed by atoms with Gasteiger partial charge in [-0.05, 0) is 47.9 Å². The van der Waals surface area contributed by atoms with Gasteiger partial charge in [-0.2, -0.15) is 9.49 Å². The molecule has 0 aliphatic carbocycles. The maximum atomic E-state index is 15.9. The molecule has 10 nitrogen and oxygen atoms in total. The minimum Gasteiger partial charge on any atom is -0.482 e. The fraction of sp³-hybridized carbons (Fsp3) is 0.513. The highest BCUT2D eigenvalue weighted by Crippen LogP contribution is 2.42. The number of pyridine rings is 1. The van der Waals surface area contributed by atoms with E-state index in [0.717, 1.165) is 31.4 Å². The van der Waals surface area contributed by atoms with Gasteiger partial charge in [0.15, 0.2) is 29.2 Å². The van der Waals surface area contributed by atoms with Crippen molar-refractivity contribution in [3.63, 3.8) is 0 Å². The number of halogens is 3. The van der Waals surface area contributed by atoms with Crippen LogP contribution in [0.4, 0.5) is 24.9 Å². The summed E-state index contributed by atoms with van der Waals surface area (Å²) in [6, 6.07) is 9.70. The second kappa shape index (κ2) is 17.3. The lowest BCUT2D eigenvalue weighted by Crippen LogP contribution is -2.29. The van der Waals surface area contributed by atoms with Crippen LogP contribution in [0.2, 0.25) is 0 Å². The Morgan fingerprint density at radius 2 is 1.56 bits per heavy atom. The summed E-state index contributed by atoms with van der Waals surface area (Å²) in [5, 5.41) is 15.7. The van der Waals surface area contributed by atoms with Crippen molar-refractivity contribution in [2.24, 2.45) is 17.9 Å². The summed E-state index contributed by atoms with van der Waals surface area (Å²) in [6.45, 7) is 12.6. The first-order chi connectivity index (χ1) is 24.8. The van der Waals surface area contributed by atoms with Gasteiger partial charge in [-0.1, -0.05) is 73.1 Å². The van der Waals surface area contributed by atoms with Crippen molar-refractivity contribution in [3.05, 3.63) is 78.3 Å². The van der Waals surface area contributed by atoms with E-state index < -0.39 is 23.7 Å². The Bertz CT molecular complexity index is 1900. The molecule has 280 valence electrons. The summed E-state index contributed by atoms with van der Waals surface area (Å²) >= 11 is 0. The summed E-state index contributed by atoms with van der Waals surface area (Å²) in [7, 11) is 1.79. The number of aryl methyl sites for hydroxylation is 1. The Hall–Kier alpha value is -4.52. The van der Waals surface area contributed by atoms with Gasteiger partial charge in [0.1, 0.15) is 11.6 Å².